The van der Waals surface area contributed by atoms with E-state index in [1.807, 2.05) is 42.5 Å². The maximum Gasteiger partial charge on any atom is 0.278 e. The van der Waals surface area contributed by atoms with E-state index < -0.39 is 12.5 Å². The molecule has 0 spiro atoms. The molecule has 0 aliphatic heterocycles. The molecule has 2 rings (SSSR count). The number of halogens is 2. The number of ether oxygens (including phenoxy) is 1. The van der Waals surface area contributed by atoms with Gasteiger partial charge in [-0.3, -0.25) is 0 Å². The van der Waals surface area contributed by atoms with E-state index in [4.69, 9.17) is 4.74 Å². The lowest BCUT2D eigenvalue weighted by Crippen LogP contribution is -2.20. The van der Waals surface area contributed by atoms with E-state index in [9.17, 15) is 8.78 Å². The monoisotopic (exact) mass is 248 g/mol. The zero-order valence-electron chi connectivity index (χ0n) is 10.1. The molecule has 0 amide bonds. The molecule has 1 nitrogen and oxygen atoms in total. The Labute approximate surface area is 105 Å². The lowest BCUT2D eigenvalue weighted by Gasteiger charge is -2.12. The van der Waals surface area contributed by atoms with Gasteiger partial charge in [-0.05, 0) is 23.3 Å². The lowest BCUT2D eigenvalue weighted by atomic mass is 10.1. The van der Waals surface area contributed by atoms with E-state index in [1.54, 1.807) is 12.1 Å². The van der Waals surface area contributed by atoms with Crippen LogP contribution in [-0.4, -0.2) is 12.5 Å². The summed E-state index contributed by atoms with van der Waals surface area (Å²) in [5.74, 6) is -2.35. The third-order valence-corrected chi connectivity index (χ3v) is 2.45. The van der Waals surface area contributed by atoms with Gasteiger partial charge < -0.3 is 4.74 Å². The van der Waals surface area contributed by atoms with E-state index in [2.05, 4.69) is 0 Å². The normalized spacial score (nSPS) is 11.3. The Hall–Kier alpha value is -1.90. The second-order valence-electron chi connectivity index (χ2n) is 4.25. The number of alkyl halides is 2. The van der Waals surface area contributed by atoms with Gasteiger partial charge in [0.25, 0.3) is 5.92 Å². The van der Waals surface area contributed by atoms with Gasteiger partial charge in [0.15, 0.2) is 6.61 Å². The van der Waals surface area contributed by atoms with Crippen LogP contribution in [0.3, 0.4) is 0 Å². The average molecular weight is 248 g/mol. The van der Waals surface area contributed by atoms with Crippen LogP contribution in [0.1, 0.15) is 6.92 Å². The summed E-state index contributed by atoms with van der Waals surface area (Å²) in [6.07, 6.45) is 0. The molecule has 0 aliphatic carbocycles. The van der Waals surface area contributed by atoms with Crippen molar-refractivity contribution in [2.45, 2.75) is 12.8 Å². The Bertz CT molecular complexity index is 486. The summed E-state index contributed by atoms with van der Waals surface area (Å²) in [5, 5.41) is 0. The van der Waals surface area contributed by atoms with Crippen LogP contribution in [0.4, 0.5) is 8.78 Å². The first-order valence-electron chi connectivity index (χ1n) is 5.71. The Balaban J connectivity index is 2.07. The molecule has 2 aromatic carbocycles. The highest BCUT2D eigenvalue weighted by Crippen LogP contribution is 2.23. The van der Waals surface area contributed by atoms with Crippen LogP contribution in [0.5, 0.6) is 5.75 Å². The molecular weight excluding hydrogens is 234 g/mol. The predicted octanol–water partition coefficient (Wildman–Crippen LogP) is 4.39. The number of rotatable bonds is 4. The summed E-state index contributed by atoms with van der Waals surface area (Å²) in [4.78, 5) is 0. The van der Waals surface area contributed by atoms with Gasteiger partial charge in [0.05, 0.1) is 0 Å². The van der Waals surface area contributed by atoms with Gasteiger partial charge in [-0.15, -0.1) is 0 Å². The van der Waals surface area contributed by atoms with Crippen molar-refractivity contribution in [3.63, 3.8) is 0 Å². The number of hydrogen-bond acceptors (Lipinski definition) is 1. The van der Waals surface area contributed by atoms with Gasteiger partial charge in [-0.2, -0.15) is 0 Å². The molecular formula is C15H14F2O. The van der Waals surface area contributed by atoms with Crippen LogP contribution < -0.4 is 4.74 Å². The lowest BCUT2D eigenvalue weighted by molar-refractivity contribution is -0.0229. The molecule has 0 heterocycles. The Morgan fingerprint density at radius 3 is 2.00 bits per heavy atom. The zero-order chi connectivity index (χ0) is 13.0. The third-order valence-electron chi connectivity index (χ3n) is 2.45. The highest BCUT2D eigenvalue weighted by molar-refractivity contribution is 5.63. The first-order valence-corrected chi connectivity index (χ1v) is 5.71. The zero-order valence-corrected chi connectivity index (χ0v) is 10.1. The first kappa shape index (κ1) is 12.6. The van der Waals surface area contributed by atoms with Gasteiger partial charge in [-0.1, -0.05) is 42.5 Å². The number of benzene rings is 2. The molecule has 94 valence electrons. The Morgan fingerprint density at radius 2 is 1.44 bits per heavy atom. The van der Waals surface area contributed by atoms with Crippen LogP contribution in [0.15, 0.2) is 54.6 Å². The van der Waals surface area contributed by atoms with Gasteiger partial charge in [-0.25, -0.2) is 8.78 Å². The Morgan fingerprint density at radius 1 is 0.889 bits per heavy atom. The van der Waals surface area contributed by atoms with Gasteiger partial charge in [0, 0.05) is 6.92 Å². The van der Waals surface area contributed by atoms with Crippen molar-refractivity contribution < 1.29 is 13.5 Å². The van der Waals surface area contributed by atoms with Gasteiger partial charge in [0.2, 0.25) is 0 Å². The molecule has 0 saturated carbocycles. The van der Waals surface area contributed by atoms with Crippen molar-refractivity contribution in [1.82, 2.24) is 0 Å². The predicted molar refractivity (Wildman–Crippen MR) is 68.0 cm³/mol. The molecule has 0 unspecified atom stereocenters. The van der Waals surface area contributed by atoms with Crippen molar-refractivity contribution in [1.29, 1.82) is 0 Å². The minimum Gasteiger partial charge on any atom is -0.487 e. The highest BCUT2D eigenvalue weighted by Gasteiger charge is 2.21. The van der Waals surface area contributed by atoms with Crippen LogP contribution >= 0.6 is 0 Å². The maximum absolute atomic E-state index is 12.6. The topological polar surface area (TPSA) is 9.23 Å². The van der Waals surface area contributed by atoms with Crippen LogP contribution in [-0.2, 0) is 0 Å². The second kappa shape index (κ2) is 5.17. The molecule has 3 heteroatoms. The molecule has 0 aliphatic rings. The molecule has 0 N–H and O–H groups in total. The summed E-state index contributed by atoms with van der Waals surface area (Å²) in [6.45, 7) is 0.239. The molecule has 18 heavy (non-hydrogen) atoms. The van der Waals surface area contributed by atoms with Crippen molar-refractivity contribution >= 4 is 0 Å². The SMILES string of the molecule is CC(F)(F)COc1ccc(-c2ccccc2)cc1. The van der Waals surface area contributed by atoms with Crippen molar-refractivity contribution in [2.75, 3.05) is 6.61 Å². The summed E-state index contributed by atoms with van der Waals surface area (Å²) in [5.41, 5.74) is 2.12. The average Bonchev–Trinajstić information content (AvgIpc) is 2.37. The smallest absolute Gasteiger partial charge is 0.278 e. The maximum atomic E-state index is 12.6. The minimum atomic E-state index is -2.81. The standard InChI is InChI=1S/C15H14F2O/c1-15(16,17)11-18-14-9-7-13(8-10-14)12-5-3-2-4-6-12/h2-10H,11H2,1H3. The largest absolute Gasteiger partial charge is 0.487 e. The highest BCUT2D eigenvalue weighted by atomic mass is 19.3. The third kappa shape index (κ3) is 3.55. The first-order chi connectivity index (χ1) is 8.54. The van der Waals surface area contributed by atoms with Crippen LogP contribution in [0.2, 0.25) is 0 Å². The summed E-state index contributed by atoms with van der Waals surface area (Å²) in [7, 11) is 0. The molecule has 0 radical (unpaired) electrons. The summed E-state index contributed by atoms with van der Waals surface area (Å²) < 4.78 is 30.3. The molecule has 0 saturated heterocycles. The second-order valence-corrected chi connectivity index (χ2v) is 4.25. The van der Waals surface area contributed by atoms with Gasteiger partial charge in [0.1, 0.15) is 5.75 Å². The molecule has 0 fully saturated rings. The van der Waals surface area contributed by atoms with Gasteiger partial charge >= 0.3 is 0 Å². The van der Waals surface area contributed by atoms with E-state index in [0.29, 0.717) is 5.75 Å². The molecule has 2 aromatic rings. The van der Waals surface area contributed by atoms with Crippen molar-refractivity contribution in [3.8, 4) is 16.9 Å². The van der Waals surface area contributed by atoms with E-state index >= 15 is 0 Å². The van der Waals surface area contributed by atoms with Crippen molar-refractivity contribution in [3.05, 3.63) is 54.6 Å². The molecule has 0 aromatic heterocycles. The summed E-state index contributed by atoms with van der Waals surface area (Å²) in [6, 6.07) is 17.0. The van der Waals surface area contributed by atoms with E-state index in [-0.39, 0.29) is 0 Å². The van der Waals surface area contributed by atoms with Crippen LogP contribution in [0.25, 0.3) is 11.1 Å². The Kier molecular flexibility index (Phi) is 3.60. The fourth-order valence-electron chi connectivity index (χ4n) is 1.58. The fourth-order valence-corrected chi connectivity index (χ4v) is 1.58. The number of hydrogen-bond donors (Lipinski definition) is 0. The van der Waals surface area contributed by atoms with E-state index in [1.165, 1.54) is 0 Å². The molecule has 0 bridgehead atoms. The quantitative estimate of drug-likeness (QED) is 0.779. The van der Waals surface area contributed by atoms with Crippen LogP contribution in [0, 0.1) is 0 Å². The summed E-state index contributed by atoms with van der Waals surface area (Å²) >= 11 is 0. The fraction of sp³-hybridized carbons (Fsp3) is 0.200. The van der Waals surface area contributed by atoms with Crippen molar-refractivity contribution in [2.24, 2.45) is 0 Å². The molecule has 0 atom stereocenters. The minimum absolute atomic E-state index is 0.455. The van der Waals surface area contributed by atoms with E-state index in [0.717, 1.165) is 18.1 Å².